The fourth-order valence-electron chi connectivity index (χ4n) is 2.17. The third kappa shape index (κ3) is 3.69. The number of para-hydroxylation sites is 1. The highest BCUT2D eigenvalue weighted by Gasteiger charge is 2.11. The van der Waals surface area contributed by atoms with Gasteiger partial charge < -0.3 is 10.6 Å². The van der Waals surface area contributed by atoms with Crippen LogP contribution < -0.4 is 15.8 Å². The number of primary sulfonamides is 1. The fraction of sp³-hybridized carbons (Fsp3) is 0.500. The van der Waals surface area contributed by atoms with Gasteiger partial charge in [-0.15, -0.1) is 0 Å². The molecule has 1 heterocycles. The lowest BCUT2D eigenvalue weighted by molar-refractivity contribution is 0.592. The van der Waals surface area contributed by atoms with E-state index in [-0.39, 0.29) is 5.75 Å². The number of hydrogen-bond donors (Lipinski definition) is 3. The summed E-state index contributed by atoms with van der Waals surface area (Å²) in [5, 5.41) is 11.5. The Bertz CT molecular complexity index is 514. The molecule has 4 N–H and O–H groups in total. The summed E-state index contributed by atoms with van der Waals surface area (Å²) in [6.07, 6.45) is 2.27. The van der Waals surface area contributed by atoms with Crippen molar-refractivity contribution in [3.05, 3.63) is 29.3 Å². The van der Waals surface area contributed by atoms with Crippen molar-refractivity contribution in [2.75, 3.05) is 24.2 Å². The molecule has 0 unspecified atom stereocenters. The highest BCUT2D eigenvalue weighted by atomic mass is 32.2. The van der Waals surface area contributed by atoms with Crippen molar-refractivity contribution in [2.45, 2.75) is 19.4 Å². The van der Waals surface area contributed by atoms with E-state index in [1.807, 2.05) is 6.07 Å². The molecule has 0 spiro atoms. The predicted octanol–water partition coefficient (Wildman–Crippen LogP) is 0.423. The second-order valence-corrected chi connectivity index (χ2v) is 6.26. The Morgan fingerprint density at radius 3 is 3.00 bits per heavy atom. The lowest BCUT2D eigenvalue weighted by Gasteiger charge is -2.21. The minimum atomic E-state index is -3.37. The van der Waals surface area contributed by atoms with E-state index in [4.69, 9.17) is 5.14 Å². The van der Waals surface area contributed by atoms with Crippen molar-refractivity contribution >= 4 is 15.7 Å². The summed E-state index contributed by atoms with van der Waals surface area (Å²) >= 11 is 0. The van der Waals surface area contributed by atoms with Crippen LogP contribution in [0.2, 0.25) is 0 Å². The van der Waals surface area contributed by atoms with Crippen LogP contribution >= 0.6 is 0 Å². The first-order valence-electron chi connectivity index (χ1n) is 6.12. The molecule has 1 aliphatic rings. The molecule has 1 aromatic rings. The summed E-state index contributed by atoms with van der Waals surface area (Å²) in [6.45, 7) is 2.04. The standard InChI is InChI=1S/C12H19N3O2S/c13-18(16,17)8-7-14-9-11-4-1-3-10-5-2-6-15-12(10)11/h1,3-4,14-15H,2,5-9H2,(H2,13,16,17). The smallest absolute Gasteiger partial charge is 0.210 e. The fourth-order valence-corrected chi connectivity index (χ4v) is 2.59. The zero-order valence-electron chi connectivity index (χ0n) is 10.3. The monoisotopic (exact) mass is 269 g/mol. The maximum Gasteiger partial charge on any atom is 0.210 e. The second-order valence-electron chi connectivity index (χ2n) is 4.53. The van der Waals surface area contributed by atoms with Crippen molar-refractivity contribution in [3.8, 4) is 0 Å². The molecular weight excluding hydrogens is 250 g/mol. The van der Waals surface area contributed by atoms with Gasteiger partial charge in [0.15, 0.2) is 0 Å². The van der Waals surface area contributed by atoms with Gasteiger partial charge in [-0.25, -0.2) is 13.6 Å². The number of rotatable bonds is 5. The van der Waals surface area contributed by atoms with Crippen molar-refractivity contribution in [1.29, 1.82) is 0 Å². The Morgan fingerprint density at radius 2 is 2.22 bits per heavy atom. The number of fused-ring (bicyclic) bond motifs is 1. The van der Waals surface area contributed by atoms with Crippen LogP contribution in [0, 0.1) is 0 Å². The van der Waals surface area contributed by atoms with Crippen LogP contribution in [-0.2, 0) is 23.0 Å². The second kappa shape index (κ2) is 5.69. The Kier molecular flexibility index (Phi) is 4.21. The first-order valence-corrected chi connectivity index (χ1v) is 7.83. The Balaban J connectivity index is 1.93. The predicted molar refractivity (Wildman–Crippen MR) is 72.9 cm³/mol. The lowest BCUT2D eigenvalue weighted by Crippen LogP contribution is -2.27. The molecule has 5 nitrogen and oxygen atoms in total. The van der Waals surface area contributed by atoms with E-state index in [0.717, 1.165) is 19.4 Å². The van der Waals surface area contributed by atoms with E-state index in [1.54, 1.807) is 0 Å². The van der Waals surface area contributed by atoms with Crippen molar-refractivity contribution in [3.63, 3.8) is 0 Å². The summed E-state index contributed by atoms with van der Waals surface area (Å²) < 4.78 is 21.6. The van der Waals surface area contributed by atoms with Gasteiger partial charge in [0.1, 0.15) is 0 Å². The van der Waals surface area contributed by atoms with E-state index in [0.29, 0.717) is 13.1 Å². The van der Waals surface area contributed by atoms with Crippen LogP contribution in [0.5, 0.6) is 0 Å². The topological polar surface area (TPSA) is 84.2 Å². The molecule has 0 saturated carbocycles. The molecule has 0 saturated heterocycles. The van der Waals surface area contributed by atoms with Crippen molar-refractivity contribution in [1.82, 2.24) is 5.32 Å². The number of benzene rings is 1. The number of hydrogen-bond acceptors (Lipinski definition) is 4. The van der Waals surface area contributed by atoms with Gasteiger partial charge in [0.05, 0.1) is 5.75 Å². The molecule has 0 bridgehead atoms. The minimum Gasteiger partial charge on any atom is -0.385 e. The first kappa shape index (κ1) is 13.3. The summed E-state index contributed by atoms with van der Waals surface area (Å²) in [5.74, 6) is -0.0323. The number of anilines is 1. The van der Waals surface area contributed by atoms with Gasteiger partial charge in [0.25, 0.3) is 0 Å². The van der Waals surface area contributed by atoms with Crippen molar-refractivity contribution < 1.29 is 8.42 Å². The van der Waals surface area contributed by atoms with Gasteiger partial charge in [-0.05, 0) is 24.0 Å². The number of sulfonamides is 1. The highest BCUT2D eigenvalue weighted by molar-refractivity contribution is 7.89. The van der Waals surface area contributed by atoms with Crippen LogP contribution in [0.25, 0.3) is 0 Å². The Labute approximate surface area is 108 Å². The van der Waals surface area contributed by atoms with Crippen LogP contribution in [-0.4, -0.2) is 27.3 Å². The zero-order valence-corrected chi connectivity index (χ0v) is 11.1. The molecule has 1 aromatic carbocycles. The largest absolute Gasteiger partial charge is 0.385 e. The third-order valence-electron chi connectivity index (χ3n) is 3.04. The van der Waals surface area contributed by atoms with Crippen LogP contribution in [0.3, 0.4) is 0 Å². The third-order valence-corrected chi connectivity index (χ3v) is 3.81. The van der Waals surface area contributed by atoms with Gasteiger partial charge in [0, 0.05) is 25.3 Å². The molecule has 18 heavy (non-hydrogen) atoms. The van der Waals surface area contributed by atoms with E-state index >= 15 is 0 Å². The van der Waals surface area contributed by atoms with Gasteiger partial charge >= 0.3 is 0 Å². The van der Waals surface area contributed by atoms with Crippen LogP contribution in [0.4, 0.5) is 5.69 Å². The lowest BCUT2D eigenvalue weighted by atomic mass is 9.99. The first-order chi connectivity index (χ1) is 8.56. The molecule has 2 rings (SSSR count). The summed E-state index contributed by atoms with van der Waals surface area (Å²) in [5.41, 5.74) is 3.72. The molecule has 6 heteroatoms. The molecule has 0 radical (unpaired) electrons. The zero-order chi connectivity index (χ0) is 13.0. The quantitative estimate of drug-likeness (QED) is 0.677. The summed E-state index contributed by atoms with van der Waals surface area (Å²) in [7, 11) is -3.37. The molecule has 0 amide bonds. The molecule has 0 fully saturated rings. The maximum atomic E-state index is 10.8. The molecule has 0 aliphatic carbocycles. The molecule has 0 aromatic heterocycles. The average molecular weight is 269 g/mol. The van der Waals surface area contributed by atoms with Gasteiger partial charge in [-0.2, -0.15) is 0 Å². The van der Waals surface area contributed by atoms with Gasteiger partial charge in [-0.3, -0.25) is 0 Å². The minimum absolute atomic E-state index is 0.0323. The van der Waals surface area contributed by atoms with E-state index in [2.05, 4.69) is 22.8 Å². The summed E-state index contributed by atoms with van der Waals surface area (Å²) in [6, 6.07) is 6.24. The maximum absolute atomic E-state index is 10.8. The van der Waals surface area contributed by atoms with Gasteiger partial charge in [-0.1, -0.05) is 18.2 Å². The van der Waals surface area contributed by atoms with Crippen molar-refractivity contribution in [2.24, 2.45) is 5.14 Å². The molecular formula is C12H19N3O2S. The molecule has 1 aliphatic heterocycles. The average Bonchev–Trinajstić information content (AvgIpc) is 2.33. The number of nitrogens with one attached hydrogen (secondary N) is 2. The molecule has 0 atom stereocenters. The molecule has 100 valence electrons. The van der Waals surface area contributed by atoms with E-state index in [9.17, 15) is 8.42 Å². The van der Waals surface area contributed by atoms with Gasteiger partial charge in [0.2, 0.25) is 10.0 Å². The van der Waals surface area contributed by atoms with Crippen LogP contribution in [0.1, 0.15) is 17.5 Å². The Hall–Kier alpha value is -1.11. The normalized spacial score (nSPS) is 14.9. The SMILES string of the molecule is NS(=O)(=O)CCNCc1cccc2c1NCCC2. The van der Waals surface area contributed by atoms with Crippen LogP contribution in [0.15, 0.2) is 18.2 Å². The highest BCUT2D eigenvalue weighted by Crippen LogP contribution is 2.25. The number of nitrogens with two attached hydrogens (primary N) is 1. The Morgan fingerprint density at radius 1 is 1.39 bits per heavy atom. The number of aryl methyl sites for hydroxylation is 1. The van der Waals surface area contributed by atoms with E-state index < -0.39 is 10.0 Å². The van der Waals surface area contributed by atoms with E-state index in [1.165, 1.54) is 16.8 Å². The summed E-state index contributed by atoms with van der Waals surface area (Å²) in [4.78, 5) is 0.